The van der Waals surface area contributed by atoms with Crippen LogP contribution in [0.15, 0.2) is 48.5 Å². The number of para-hydroxylation sites is 1. The summed E-state index contributed by atoms with van der Waals surface area (Å²) in [5.74, 6) is 0.664. The molecule has 0 saturated heterocycles. The predicted octanol–water partition coefficient (Wildman–Crippen LogP) is 4.48. The average molecular weight is 362 g/mol. The molecule has 0 aliphatic carbocycles. The van der Waals surface area contributed by atoms with Crippen molar-refractivity contribution < 1.29 is 9.53 Å². The molecule has 3 rings (SSSR count). The van der Waals surface area contributed by atoms with Gasteiger partial charge in [-0.3, -0.25) is 4.57 Å². The van der Waals surface area contributed by atoms with Crippen molar-refractivity contribution in [3.8, 4) is 11.8 Å². The van der Waals surface area contributed by atoms with Gasteiger partial charge in [0.05, 0.1) is 28.7 Å². The molecule has 6 heteroatoms. The molecule has 0 fully saturated rings. The maximum absolute atomic E-state index is 12.2. The Morgan fingerprint density at radius 2 is 1.93 bits per heavy atom. The number of carbonyl (C=O) groups excluding carboxylic acids is 1. The Kier molecular flexibility index (Phi) is 4.87. The summed E-state index contributed by atoms with van der Waals surface area (Å²) in [5, 5.41) is 12.1. The Labute approximate surface area is 158 Å². The summed E-state index contributed by atoms with van der Waals surface area (Å²) >= 11 is 0. The van der Waals surface area contributed by atoms with E-state index in [4.69, 9.17) is 9.72 Å². The molecule has 1 N–H and O–H groups in total. The van der Waals surface area contributed by atoms with E-state index in [1.54, 1.807) is 12.1 Å². The van der Waals surface area contributed by atoms with Gasteiger partial charge in [0.25, 0.3) is 0 Å². The third kappa shape index (κ3) is 4.09. The smallest absolute Gasteiger partial charge is 0.408 e. The molecular formula is C21H22N4O2. The number of fused-ring (bicyclic) bond motifs is 1. The predicted molar refractivity (Wildman–Crippen MR) is 104 cm³/mol. The van der Waals surface area contributed by atoms with Crippen LogP contribution in [-0.2, 0) is 4.74 Å². The zero-order valence-electron chi connectivity index (χ0n) is 15.9. The number of nitrogens with one attached hydrogen (secondary N) is 1. The lowest BCUT2D eigenvalue weighted by Gasteiger charge is -2.22. The Hall–Kier alpha value is -3.33. The van der Waals surface area contributed by atoms with Gasteiger partial charge in [0.1, 0.15) is 11.4 Å². The molecule has 0 unspecified atom stereocenters. The molecule has 27 heavy (non-hydrogen) atoms. The van der Waals surface area contributed by atoms with Crippen LogP contribution in [0.5, 0.6) is 0 Å². The van der Waals surface area contributed by atoms with E-state index in [1.807, 2.05) is 68.7 Å². The van der Waals surface area contributed by atoms with E-state index in [-0.39, 0.29) is 0 Å². The van der Waals surface area contributed by atoms with Crippen molar-refractivity contribution in [3.05, 3.63) is 59.9 Å². The van der Waals surface area contributed by atoms with Gasteiger partial charge in [0.2, 0.25) is 0 Å². The number of ether oxygens (including phenoxy) is 1. The lowest BCUT2D eigenvalue weighted by Crippen LogP contribution is -2.34. The fraction of sp³-hybridized carbons (Fsp3) is 0.286. The number of aromatic nitrogens is 2. The zero-order chi connectivity index (χ0) is 19.6. The number of amides is 1. The molecule has 138 valence electrons. The molecule has 0 spiro atoms. The average Bonchev–Trinajstić information content (AvgIpc) is 2.99. The highest BCUT2D eigenvalue weighted by atomic mass is 16.6. The Bertz CT molecular complexity index is 1010. The summed E-state index contributed by atoms with van der Waals surface area (Å²) in [6.07, 6.45) is -0.501. The van der Waals surface area contributed by atoms with Gasteiger partial charge in [-0.25, -0.2) is 9.78 Å². The summed E-state index contributed by atoms with van der Waals surface area (Å²) in [4.78, 5) is 16.9. The van der Waals surface area contributed by atoms with Gasteiger partial charge >= 0.3 is 6.09 Å². The van der Waals surface area contributed by atoms with Crippen LogP contribution in [0.25, 0.3) is 16.7 Å². The molecule has 1 atom stereocenters. The van der Waals surface area contributed by atoms with Crippen molar-refractivity contribution in [1.82, 2.24) is 14.9 Å². The number of hydrogen-bond acceptors (Lipinski definition) is 4. The fourth-order valence-electron chi connectivity index (χ4n) is 2.85. The minimum absolute atomic E-state index is 0.391. The van der Waals surface area contributed by atoms with E-state index < -0.39 is 17.7 Å². The van der Waals surface area contributed by atoms with Crippen LogP contribution in [0.3, 0.4) is 0 Å². The second-order valence-corrected chi connectivity index (χ2v) is 7.32. The molecule has 0 aliphatic heterocycles. The van der Waals surface area contributed by atoms with E-state index in [2.05, 4.69) is 11.4 Å². The Balaban J connectivity index is 2.07. The fourth-order valence-corrected chi connectivity index (χ4v) is 2.85. The van der Waals surface area contributed by atoms with Gasteiger partial charge in [-0.15, -0.1) is 0 Å². The van der Waals surface area contributed by atoms with Crippen LogP contribution in [0.2, 0.25) is 0 Å². The van der Waals surface area contributed by atoms with Crippen LogP contribution in [-0.4, -0.2) is 21.2 Å². The highest BCUT2D eigenvalue weighted by molar-refractivity contribution is 5.80. The van der Waals surface area contributed by atoms with Gasteiger partial charge < -0.3 is 10.1 Å². The second kappa shape index (κ2) is 7.12. The molecule has 0 saturated carbocycles. The Morgan fingerprint density at radius 1 is 1.22 bits per heavy atom. The largest absolute Gasteiger partial charge is 0.444 e. The number of rotatable bonds is 3. The van der Waals surface area contributed by atoms with Gasteiger partial charge in [0.15, 0.2) is 0 Å². The highest BCUT2D eigenvalue weighted by Crippen LogP contribution is 2.26. The molecule has 1 aromatic heterocycles. The molecule has 1 heterocycles. The van der Waals surface area contributed by atoms with Crippen LogP contribution < -0.4 is 5.32 Å². The maximum atomic E-state index is 12.2. The normalized spacial score (nSPS) is 12.4. The first-order valence-electron chi connectivity index (χ1n) is 8.76. The van der Waals surface area contributed by atoms with Crippen LogP contribution in [0.1, 0.15) is 45.1 Å². The highest BCUT2D eigenvalue weighted by Gasteiger charge is 2.23. The number of hydrogen-bond donors (Lipinski definition) is 1. The summed E-state index contributed by atoms with van der Waals surface area (Å²) < 4.78 is 7.31. The number of nitrogens with zero attached hydrogens (tertiary/aromatic N) is 3. The molecule has 0 bridgehead atoms. The van der Waals surface area contributed by atoms with Crippen molar-refractivity contribution >= 4 is 17.1 Å². The third-order valence-electron chi connectivity index (χ3n) is 3.94. The van der Waals surface area contributed by atoms with Crippen LogP contribution >= 0.6 is 0 Å². The van der Waals surface area contributed by atoms with E-state index >= 15 is 0 Å². The standard InChI is InChI=1S/C21H22N4O2/c1-14(23-20(26)27-21(2,3)4)19-24-17-11-10-15(13-22)12-18(17)25(19)16-8-6-5-7-9-16/h5-12,14H,1-4H3,(H,23,26)/t14-/m0/s1. The molecule has 0 aliphatic rings. The summed E-state index contributed by atoms with van der Waals surface area (Å²) in [6.45, 7) is 7.31. The molecular weight excluding hydrogens is 340 g/mol. The van der Waals surface area contributed by atoms with Gasteiger partial charge in [-0.2, -0.15) is 5.26 Å². The quantitative estimate of drug-likeness (QED) is 0.745. The summed E-state index contributed by atoms with van der Waals surface area (Å²) in [6, 6.07) is 16.9. The topological polar surface area (TPSA) is 79.9 Å². The third-order valence-corrected chi connectivity index (χ3v) is 3.94. The monoisotopic (exact) mass is 362 g/mol. The van der Waals surface area contributed by atoms with E-state index in [0.717, 1.165) is 16.7 Å². The molecule has 0 radical (unpaired) electrons. The minimum atomic E-state index is -0.578. The van der Waals surface area contributed by atoms with Gasteiger partial charge in [0, 0.05) is 5.69 Å². The van der Waals surface area contributed by atoms with Gasteiger partial charge in [-0.05, 0) is 58.0 Å². The Morgan fingerprint density at radius 3 is 2.56 bits per heavy atom. The molecule has 2 aromatic carbocycles. The zero-order valence-corrected chi connectivity index (χ0v) is 15.9. The van der Waals surface area contributed by atoms with Crippen molar-refractivity contribution in [2.45, 2.75) is 39.3 Å². The first-order valence-corrected chi connectivity index (χ1v) is 8.76. The van der Waals surface area contributed by atoms with Crippen molar-refractivity contribution in [1.29, 1.82) is 5.26 Å². The molecule has 1 amide bonds. The van der Waals surface area contributed by atoms with Gasteiger partial charge in [-0.1, -0.05) is 18.2 Å². The van der Waals surface area contributed by atoms with Crippen LogP contribution in [0.4, 0.5) is 4.79 Å². The van der Waals surface area contributed by atoms with Crippen molar-refractivity contribution in [3.63, 3.8) is 0 Å². The number of imidazole rings is 1. The lowest BCUT2D eigenvalue weighted by molar-refractivity contribution is 0.0505. The van der Waals surface area contributed by atoms with Crippen LogP contribution in [0, 0.1) is 11.3 Å². The maximum Gasteiger partial charge on any atom is 0.408 e. The van der Waals surface area contributed by atoms with E-state index in [9.17, 15) is 10.1 Å². The number of nitriles is 1. The second-order valence-electron chi connectivity index (χ2n) is 7.32. The molecule has 6 nitrogen and oxygen atoms in total. The summed E-state index contributed by atoms with van der Waals surface area (Å²) in [5.41, 5.74) is 2.45. The molecule has 3 aromatic rings. The minimum Gasteiger partial charge on any atom is -0.444 e. The number of carbonyl (C=O) groups is 1. The first kappa shape index (κ1) is 18.5. The van der Waals surface area contributed by atoms with Crippen molar-refractivity contribution in [2.75, 3.05) is 0 Å². The SMILES string of the molecule is C[C@H](NC(=O)OC(C)(C)C)c1nc2ccc(C#N)cc2n1-c1ccccc1. The van der Waals surface area contributed by atoms with Crippen molar-refractivity contribution in [2.24, 2.45) is 0 Å². The number of benzene rings is 2. The van der Waals surface area contributed by atoms with E-state index in [0.29, 0.717) is 11.4 Å². The van der Waals surface area contributed by atoms with E-state index in [1.165, 1.54) is 0 Å². The lowest BCUT2D eigenvalue weighted by atomic mass is 10.2. The number of alkyl carbamates (subject to hydrolysis) is 1. The first-order chi connectivity index (χ1) is 12.8. The summed E-state index contributed by atoms with van der Waals surface area (Å²) in [7, 11) is 0.